The third-order valence-electron chi connectivity index (χ3n) is 5.01. The zero-order valence-corrected chi connectivity index (χ0v) is 17.3. The van der Waals surface area contributed by atoms with Gasteiger partial charge in [0.05, 0.1) is 0 Å². The van der Waals surface area contributed by atoms with Crippen molar-refractivity contribution in [1.29, 1.82) is 0 Å². The minimum atomic E-state index is -5.96. The van der Waals surface area contributed by atoms with Crippen molar-refractivity contribution in [1.82, 2.24) is 0 Å². The van der Waals surface area contributed by atoms with Gasteiger partial charge in [0.25, 0.3) is 0 Å². The van der Waals surface area contributed by atoms with E-state index in [0.29, 0.717) is 12.8 Å². The molecule has 0 bridgehead atoms. The minimum absolute atomic E-state index is 0.174. The van der Waals surface area contributed by atoms with Crippen LogP contribution in [0.5, 0.6) is 0 Å². The SMILES string of the molecule is C=C(C)C(=O)OC(CC(C)C)CC(OC(=O)CC1CCCC1)(C(F)(F)F)C(F)(F)F. The molecule has 4 nitrogen and oxygen atoms in total. The second kappa shape index (κ2) is 10.0. The summed E-state index contributed by atoms with van der Waals surface area (Å²) in [6, 6.07) is 0. The standard InChI is InChI=1S/C20H28F6O4/c1-12(2)9-15(29-17(28)13(3)4)11-18(19(21,22)23,20(24,25)26)30-16(27)10-14-7-5-6-8-14/h12,14-15H,3,5-11H2,1-2,4H3. The van der Waals surface area contributed by atoms with Crippen LogP contribution in [0.1, 0.15) is 65.7 Å². The molecule has 10 heteroatoms. The molecule has 1 aliphatic rings. The number of alkyl halides is 6. The van der Waals surface area contributed by atoms with Gasteiger partial charge in [0.2, 0.25) is 0 Å². The molecular formula is C20H28F6O4. The smallest absolute Gasteiger partial charge is 0.437 e. The van der Waals surface area contributed by atoms with Gasteiger partial charge in [-0.2, -0.15) is 26.3 Å². The van der Waals surface area contributed by atoms with Crippen molar-refractivity contribution in [2.75, 3.05) is 0 Å². The Morgan fingerprint density at radius 3 is 1.93 bits per heavy atom. The number of ether oxygens (including phenoxy) is 2. The van der Waals surface area contributed by atoms with Gasteiger partial charge in [0.15, 0.2) is 0 Å². The van der Waals surface area contributed by atoms with Gasteiger partial charge in [0, 0.05) is 18.4 Å². The maximum absolute atomic E-state index is 13.8. The molecule has 0 radical (unpaired) electrons. The highest BCUT2D eigenvalue weighted by Gasteiger charge is 2.74. The fourth-order valence-electron chi connectivity index (χ4n) is 3.51. The van der Waals surface area contributed by atoms with Crippen molar-refractivity contribution < 1.29 is 45.4 Å². The molecule has 30 heavy (non-hydrogen) atoms. The van der Waals surface area contributed by atoms with Crippen LogP contribution in [-0.4, -0.2) is 36.0 Å². The summed E-state index contributed by atoms with van der Waals surface area (Å²) in [6.45, 7) is 7.61. The summed E-state index contributed by atoms with van der Waals surface area (Å²) >= 11 is 0. The highest BCUT2D eigenvalue weighted by atomic mass is 19.4. The zero-order valence-electron chi connectivity index (χ0n) is 17.3. The molecule has 0 spiro atoms. The molecule has 0 aromatic heterocycles. The molecule has 0 amide bonds. The number of halogens is 6. The predicted octanol–water partition coefficient (Wildman–Crippen LogP) is 5.90. The molecule has 174 valence electrons. The summed E-state index contributed by atoms with van der Waals surface area (Å²) in [5.41, 5.74) is -4.95. The first kappa shape index (κ1) is 26.3. The highest BCUT2D eigenvalue weighted by molar-refractivity contribution is 5.87. The van der Waals surface area contributed by atoms with E-state index in [0.717, 1.165) is 12.8 Å². The first-order chi connectivity index (χ1) is 13.6. The molecule has 0 aromatic carbocycles. The van der Waals surface area contributed by atoms with Crippen molar-refractivity contribution in [2.45, 2.75) is 89.8 Å². The van der Waals surface area contributed by atoms with Crippen molar-refractivity contribution in [2.24, 2.45) is 11.8 Å². The molecule has 1 rings (SSSR count). The lowest BCUT2D eigenvalue weighted by Crippen LogP contribution is -2.61. The average Bonchev–Trinajstić information content (AvgIpc) is 3.03. The molecule has 0 aromatic rings. The van der Waals surface area contributed by atoms with Gasteiger partial charge in [-0.1, -0.05) is 33.3 Å². The van der Waals surface area contributed by atoms with Crippen LogP contribution in [0.4, 0.5) is 26.3 Å². The van der Waals surface area contributed by atoms with E-state index in [1.807, 2.05) is 0 Å². The van der Waals surface area contributed by atoms with Crippen LogP contribution in [0.15, 0.2) is 12.2 Å². The fraction of sp³-hybridized carbons (Fsp3) is 0.800. The minimum Gasteiger partial charge on any atom is -0.459 e. The van der Waals surface area contributed by atoms with Crippen molar-refractivity contribution >= 4 is 11.9 Å². The molecule has 0 saturated heterocycles. The second-order valence-electron chi connectivity index (χ2n) is 8.29. The molecule has 1 saturated carbocycles. The predicted molar refractivity (Wildman–Crippen MR) is 96.3 cm³/mol. The lowest BCUT2D eigenvalue weighted by Gasteiger charge is -2.39. The van der Waals surface area contributed by atoms with E-state index in [9.17, 15) is 35.9 Å². The zero-order chi connectivity index (χ0) is 23.3. The van der Waals surface area contributed by atoms with Crippen LogP contribution in [0.2, 0.25) is 0 Å². The van der Waals surface area contributed by atoms with Crippen molar-refractivity contribution in [3.05, 3.63) is 12.2 Å². The Hall–Kier alpha value is -1.74. The number of rotatable bonds is 9. The van der Waals surface area contributed by atoms with E-state index in [-0.39, 0.29) is 23.8 Å². The van der Waals surface area contributed by atoms with E-state index < -0.39 is 48.8 Å². The first-order valence-electron chi connectivity index (χ1n) is 9.81. The van der Waals surface area contributed by atoms with Crippen LogP contribution in [0.3, 0.4) is 0 Å². The Labute approximate surface area is 172 Å². The monoisotopic (exact) mass is 446 g/mol. The van der Waals surface area contributed by atoms with Crippen LogP contribution < -0.4 is 0 Å². The molecule has 1 atom stereocenters. The van der Waals surface area contributed by atoms with Crippen molar-refractivity contribution in [3.8, 4) is 0 Å². The average molecular weight is 446 g/mol. The Bertz CT molecular complexity index is 604. The summed E-state index contributed by atoms with van der Waals surface area (Å²) in [5, 5.41) is 0. The Morgan fingerprint density at radius 1 is 1.03 bits per heavy atom. The summed E-state index contributed by atoms with van der Waals surface area (Å²) < 4.78 is 91.7. The largest absolute Gasteiger partial charge is 0.459 e. The molecular weight excluding hydrogens is 418 g/mol. The molecule has 0 heterocycles. The van der Waals surface area contributed by atoms with Gasteiger partial charge in [-0.3, -0.25) is 4.79 Å². The molecule has 1 fully saturated rings. The van der Waals surface area contributed by atoms with E-state index in [2.05, 4.69) is 11.3 Å². The van der Waals surface area contributed by atoms with Crippen LogP contribution in [0.25, 0.3) is 0 Å². The number of hydrogen-bond acceptors (Lipinski definition) is 4. The van der Waals surface area contributed by atoms with Gasteiger partial charge < -0.3 is 9.47 Å². The summed E-state index contributed by atoms with van der Waals surface area (Å²) in [7, 11) is 0. The quantitative estimate of drug-likeness (QED) is 0.252. The third-order valence-corrected chi connectivity index (χ3v) is 5.01. The van der Waals surface area contributed by atoms with Crippen LogP contribution >= 0.6 is 0 Å². The Morgan fingerprint density at radius 2 is 1.53 bits per heavy atom. The lowest BCUT2D eigenvalue weighted by atomic mass is 9.90. The molecule has 1 unspecified atom stereocenters. The lowest BCUT2D eigenvalue weighted by molar-refractivity contribution is -0.376. The normalized spacial score (nSPS) is 17.1. The van der Waals surface area contributed by atoms with Gasteiger partial charge in [0.1, 0.15) is 6.10 Å². The van der Waals surface area contributed by atoms with Gasteiger partial charge in [-0.15, -0.1) is 0 Å². The number of carbonyl (C=O) groups is 2. The van der Waals surface area contributed by atoms with Gasteiger partial charge in [-0.25, -0.2) is 4.79 Å². The molecule has 0 N–H and O–H groups in total. The van der Waals surface area contributed by atoms with Crippen LogP contribution in [0, 0.1) is 11.8 Å². The van der Waals surface area contributed by atoms with Gasteiger partial charge >= 0.3 is 29.9 Å². The van der Waals surface area contributed by atoms with E-state index >= 15 is 0 Å². The maximum Gasteiger partial charge on any atom is 0.437 e. The Balaban J connectivity index is 3.25. The molecule has 1 aliphatic carbocycles. The topological polar surface area (TPSA) is 52.6 Å². The van der Waals surface area contributed by atoms with E-state index in [4.69, 9.17) is 4.74 Å². The molecule has 0 aliphatic heterocycles. The summed E-state index contributed by atoms with van der Waals surface area (Å²) in [5.74, 6) is -3.37. The van der Waals surface area contributed by atoms with Gasteiger partial charge in [-0.05, 0) is 38.0 Å². The first-order valence-corrected chi connectivity index (χ1v) is 9.81. The van der Waals surface area contributed by atoms with E-state index in [1.54, 1.807) is 13.8 Å². The van der Waals surface area contributed by atoms with Crippen LogP contribution in [-0.2, 0) is 19.1 Å². The van der Waals surface area contributed by atoms with Crippen molar-refractivity contribution in [3.63, 3.8) is 0 Å². The van der Waals surface area contributed by atoms with E-state index in [1.165, 1.54) is 6.92 Å². The number of esters is 2. The fourth-order valence-corrected chi connectivity index (χ4v) is 3.51. The summed E-state index contributed by atoms with van der Waals surface area (Å²) in [4.78, 5) is 23.9. The maximum atomic E-state index is 13.8. The Kier molecular flexibility index (Phi) is 8.80. The number of hydrogen-bond donors (Lipinski definition) is 0. The third kappa shape index (κ3) is 6.91. The number of carbonyl (C=O) groups excluding carboxylic acids is 2. The summed E-state index contributed by atoms with van der Waals surface area (Å²) in [6.07, 6.45) is -13.7. The second-order valence-corrected chi connectivity index (χ2v) is 8.29. The highest BCUT2D eigenvalue weighted by Crippen LogP contribution is 2.50.